The van der Waals surface area contributed by atoms with Gasteiger partial charge < -0.3 is 18.9 Å². The number of nitrogens with zero attached hydrogens (tertiary/aromatic N) is 1. The first-order valence-electron chi connectivity index (χ1n) is 11.1. The molecule has 0 radical (unpaired) electrons. The van der Waals surface area contributed by atoms with Gasteiger partial charge in [0.05, 0.1) is 27.4 Å². The van der Waals surface area contributed by atoms with E-state index in [-0.39, 0.29) is 0 Å². The Hall–Kier alpha value is -2.50. The van der Waals surface area contributed by atoms with Crippen molar-refractivity contribution in [3.63, 3.8) is 0 Å². The third kappa shape index (κ3) is 3.40. The molecule has 2 unspecified atom stereocenters. The smallest absolute Gasteiger partial charge is 0.161 e. The first-order valence-corrected chi connectivity index (χ1v) is 11.1. The van der Waals surface area contributed by atoms with E-state index in [0.717, 1.165) is 49.6 Å². The number of hydrogen-bond donors (Lipinski definition) is 0. The Morgan fingerprint density at radius 1 is 0.806 bits per heavy atom. The highest BCUT2D eigenvalue weighted by Crippen LogP contribution is 2.44. The van der Waals surface area contributed by atoms with E-state index in [4.69, 9.17) is 18.9 Å². The van der Waals surface area contributed by atoms with Crippen molar-refractivity contribution in [2.45, 2.75) is 44.4 Å². The molecule has 1 fully saturated rings. The molecule has 2 aliphatic heterocycles. The highest BCUT2D eigenvalue weighted by Gasteiger charge is 2.33. The summed E-state index contributed by atoms with van der Waals surface area (Å²) in [6.45, 7) is 2.11. The van der Waals surface area contributed by atoms with Crippen molar-refractivity contribution in [1.29, 1.82) is 0 Å². The summed E-state index contributed by atoms with van der Waals surface area (Å²) < 4.78 is 22.7. The Labute approximate surface area is 183 Å². The van der Waals surface area contributed by atoms with E-state index in [2.05, 4.69) is 35.2 Å². The molecule has 2 heterocycles. The largest absolute Gasteiger partial charge is 0.497 e. The zero-order chi connectivity index (χ0) is 21.5. The van der Waals surface area contributed by atoms with Crippen molar-refractivity contribution in [2.75, 3.05) is 35.0 Å². The Bertz CT molecular complexity index is 1130. The molecule has 3 aromatic carbocycles. The average molecular weight is 422 g/mol. The zero-order valence-electron chi connectivity index (χ0n) is 18.9. The van der Waals surface area contributed by atoms with Gasteiger partial charge in [-0.15, -0.1) is 0 Å². The zero-order valence-corrected chi connectivity index (χ0v) is 18.9. The van der Waals surface area contributed by atoms with Crippen LogP contribution in [0, 0.1) is 0 Å². The number of ether oxygens (including phenoxy) is 4. The number of benzene rings is 3. The molecule has 5 heteroatoms. The van der Waals surface area contributed by atoms with Gasteiger partial charge in [0.1, 0.15) is 5.75 Å². The molecule has 3 aromatic rings. The van der Waals surface area contributed by atoms with Gasteiger partial charge in [-0.1, -0.05) is 6.07 Å². The SMILES string of the molecule is COc1ccc2c3c(c4cc(OC)c(OC)cc4c2c1)CC1CC(OC)CCCN1C3. The van der Waals surface area contributed by atoms with E-state index >= 15 is 0 Å². The Kier molecular flexibility index (Phi) is 5.40. The lowest BCUT2D eigenvalue weighted by molar-refractivity contribution is 0.0711. The average Bonchev–Trinajstić information content (AvgIpc) is 3.03. The van der Waals surface area contributed by atoms with Crippen LogP contribution < -0.4 is 14.2 Å². The van der Waals surface area contributed by atoms with Gasteiger partial charge in [-0.05, 0) is 89.2 Å². The van der Waals surface area contributed by atoms with Crippen molar-refractivity contribution in [3.05, 3.63) is 41.5 Å². The maximum absolute atomic E-state index is 5.78. The molecule has 0 aliphatic carbocycles. The second-order valence-electron chi connectivity index (χ2n) is 8.69. The van der Waals surface area contributed by atoms with Crippen molar-refractivity contribution >= 4 is 21.5 Å². The summed E-state index contributed by atoms with van der Waals surface area (Å²) in [5.41, 5.74) is 2.87. The van der Waals surface area contributed by atoms with Gasteiger partial charge in [0.25, 0.3) is 0 Å². The second-order valence-corrected chi connectivity index (χ2v) is 8.69. The van der Waals surface area contributed by atoms with Crippen LogP contribution >= 0.6 is 0 Å². The van der Waals surface area contributed by atoms with Crippen LogP contribution in [0.15, 0.2) is 30.3 Å². The monoisotopic (exact) mass is 421 g/mol. The van der Waals surface area contributed by atoms with E-state index in [9.17, 15) is 0 Å². The van der Waals surface area contributed by atoms with Crippen LogP contribution in [0.2, 0.25) is 0 Å². The van der Waals surface area contributed by atoms with E-state index in [1.165, 1.54) is 39.1 Å². The molecule has 5 nitrogen and oxygen atoms in total. The van der Waals surface area contributed by atoms with Crippen molar-refractivity contribution in [1.82, 2.24) is 4.90 Å². The molecule has 0 aromatic heterocycles. The summed E-state index contributed by atoms with van der Waals surface area (Å²) in [5.74, 6) is 2.40. The lowest BCUT2D eigenvalue weighted by Gasteiger charge is -2.37. The predicted octanol–water partition coefficient (Wildman–Crippen LogP) is 4.94. The third-order valence-corrected chi connectivity index (χ3v) is 7.21. The van der Waals surface area contributed by atoms with Crippen LogP contribution in [-0.4, -0.2) is 52.0 Å². The molecule has 31 heavy (non-hydrogen) atoms. The van der Waals surface area contributed by atoms with Crippen molar-refractivity contribution in [2.24, 2.45) is 0 Å². The molecule has 2 atom stereocenters. The lowest BCUT2D eigenvalue weighted by Crippen LogP contribution is -2.41. The van der Waals surface area contributed by atoms with Gasteiger partial charge >= 0.3 is 0 Å². The second kappa shape index (κ2) is 8.21. The first kappa shape index (κ1) is 20.4. The summed E-state index contributed by atoms with van der Waals surface area (Å²) in [4.78, 5) is 2.66. The van der Waals surface area contributed by atoms with Crippen LogP contribution in [0.25, 0.3) is 21.5 Å². The highest BCUT2D eigenvalue weighted by molar-refractivity contribution is 6.12. The van der Waals surface area contributed by atoms with Crippen LogP contribution in [0.5, 0.6) is 17.2 Å². The van der Waals surface area contributed by atoms with Crippen LogP contribution in [0.3, 0.4) is 0 Å². The number of hydrogen-bond acceptors (Lipinski definition) is 5. The minimum absolute atomic E-state index is 0.349. The van der Waals surface area contributed by atoms with Crippen LogP contribution in [-0.2, 0) is 17.7 Å². The molecule has 0 spiro atoms. The lowest BCUT2D eigenvalue weighted by atomic mass is 9.84. The maximum Gasteiger partial charge on any atom is 0.161 e. The third-order valence-electron chi connectivity index (χ3n) is 7.21. The van der Waals surface area contributed by atoms with Gasteiger partial charge in [-0.25, -0.2) is 0 Å². The molecule has 0 bridgehead atoms. The van der Waals surface area contributed by atoms with Crippen molar-refractivity contribution in [3.8, 4) is 17.2 Å². The molecular formula is C26H31NO4. The summed E-state index contributed by atoms with van der Waals surface area (Å²) >= 11 is 0. The van der Waals surface area contributed by atoms with E-state index in [1.807, 2.05) is 7.11 Å². The van der Waals surface area contributed by atoms with Crippen molar-refractivity contribution < 1.29 is 18.9 Å². The fourth-order valence-electron chi connectivity index (χ4n) is 5.58. The Morgan fingerprint density at radius 2 is 1.55 bits per heavy atom. The van der Waals surface area contributed by atoms with E-state index in [1.54, 1.807) is 21.3 Å². The first-order chi connectivity index (χ1) is 15.2. The minimum Gasteiger partial charge on any atom is -0.497 e. The molecule has 0 N–H and O–H groups in total. The van der Waals surface area contributed by atoms with Gasteiger partial charge in [0, 0.05) is 19.7 Å². The van der Waals surface area contributed by atoms with E-state index in [0.29, 0.717) is 12.1 Å². The highest BCUT2D eigenvalue weighted by atomic mass is 16.5. The molecule has 0 amide bonds. The number of rotatable bonds is 4. The van der Waals surface area contributed by atoms with Gasteiger partial charge in [0.2, 0.25) is 0 Å². The minimum atomic E-state index is 0.349. The topological polar surface area (TPSA) is 40.2 Å². The molecule has 0 saturated carbocycles. The van der Waals surface area contributed by atoms with E-state index < -0.39 is 0 Å². The predicted molar refractivity (Wildman–Crippen MR) is 124 cm³/mol. The molecule has 1 saturated heterocycles. The normalized spacial score (nSPS) is 21.4. The van der Waals surface area contributed by atoms with Gasteiger partial charge in [-0.2, -0.15) is 0 Å². The summed E-state index contributed by atoms with van der Waals surface area (Å²) in [7, 11) is 6.97. The summed E-state index contributed by atoms with van der Waals surface area (Å²) in [6, 6.07) is 11.2. The Balaban J connectivity index is 1.77. The van der Waals surface area contributed by atoms with Crippen LogP contribution in [0.1, 0.15) is 30.4 Å². The molecule has 2 aliphatic rings. The molecular weight excluding hydrogens is 390 g/mol. The maximum atomic E-state index is 5.78. The van der Waals surface area contributed by atoms with Gasteiger partial charge in [0.15, 0.2) is 11.5 Å². The molecule has 164 valence electrons. The standard InChI is InChI=1S/C26H31NO4/c1-28-17-6-5-9-27-15-24-19-8-7-18(29-2)12-21(19)23-14-26(31-4)25(30-3)13-22(23)20(24)11-16(27)10-17/h7-8,12-14,16-17H,5-6,9-11,15H2,1-4H3. The summed E-state index contributed by atoms with van der Waals surface area (Å²) in [5, 5.41) is 4.96. The summed E-state index contributed by atoms with van der Waals surface area (Å²) in [6.07, 6.45) is 4.80. The van der Waals surface area contributed by atoms with Crippen LogP contribution in [0.4, 0.5) is 0 Å². The fourth-order valence-corrected chi connectivity index (χ4v) is 5.58. The quantitative estimate of drug-likeness (QED) is 0.558. The number of methoxy groups -OCH3 is 4. The molecule has 5 rings (SSSR count). The fraction of sp³-hybridized carbons (Fsp3) is 0.462. The Morgan fingerprint density at radius 3 is 2.26 bits per heavy atom. The number of fused-ring (bicyclic) bond motifs is 7. The van der Waals surface area contributed by atoms with Gasteiger partial charge in [-0.3, -0.25) is 4.90 Å².